The second-order valence-electron chi connectivity index (χ2n) is 13.4. The molecular weight excluding hydrogens is 631 g/mol. The van der Waals surface area contributed by atoms with Crippen LogP contribution in [0.2, 0.25) is 0 Å². The van der Waals surface area contributed by atoms with Crippen molar-refractivity contribution in [3.8, 4) is 56.0 Å². The van der Waals surface area contributed by atoms with Crippen LogP contribution < -0.4 is 9.64 Å². The van der Waals surface area contributed by atoms with Gasteiger partial charge in [0.1, 0.15) is 11.5 Å². The molecule has 244 valence electrons. The first-order chi connectivity index (χ1) is 25.7. The number of ether oxygens (including phenoxy) is 1. The van der Waals surface area contributed by atoms with Crippen molar-refractivity contribution >= 4 is 38.6 Å². The van der Waals surface area contributed by atoms with Crippen LogP contribution in [0.5, 0.6) is 11.5 Å². The van der Waals surface area contributed by atoms with Crippen molar-refractivity contribution in [1.82, 2.24) is 0 Å². The quantitative estimate of drug-likeness (QED) is 0.182. The number of nitrogens with zero attached hydrogens (tertiary/aromatic N) is 1. The Morgan fingerprint density at radius 1 is 0.269 bits per heavy atom. The summed E-state index contributed by atoms with van der Waals surface area (Å²) < 4.78 is 6.99. The number of anilines is 3. The van der Waals surface area contributed by atoms with Crippen LogP contribution in [-0.2, 0) is 0 Å². The predicted octanol–water partition coefficient (Wildman–Crippen LogP) is 14.2. The zero-order chi connectivity index (χ0) is 34.4. The van der Waals surface area contributed by atoms with Gasteiger partial charge in [0, 0.05) is 34.3 Å². The van der Waals surface area contributed by atoms with Gasteiger partial charge in [0.25, 0.3) is 0 Å². The molecule has 1 aliphatic heterocycles. The molecule has 0 fully saturated rings. The largest absolute Gasteiger partial charge is 0.456 e. The van der Waals surface area contributed by atoms with Gasteiger partial charge in [-0.3, -0.25) is 0 Å². The van der Waals surface area contributed by atoms with Crippen LogP contribution in [0.1, 0.15) is 0 Å². The maximum Gasteiger partial charge on any atom is 0.137 e. The smallest absolute Gasteiger partial charge is 0.137 e. The summed E-state index contributed by atoms with van der Waals surface area (Å²) >= 11 is 0. The van der Waals surface area contributed by atoms with Gasteiger partial charge in [-0.15, -0.1) is 0 Å². The van der Waals surface area contributed by atoms with E-state index >= 15 is 0 Å². The minimum absolute atomic E-state index is 0.826. The topological polar surface area (TPSA) is 12.5 Å². The highest BCUT2D eigenvalue weighted by Gasteiger charge is 2.24. The molecule has 0 amide bonds. The monoisotopic (exact) mass is 663 g/mol. The van der Waals surface area contributed by atoms with Crippen molar-refractivity contribution in [2.75, 3.05) is 4.90 Å². The van der Waals surface area contributed by atoms with E-state index < -0.39 is 0 Å². The SMILES string of the molecule is c1ccc(-c2ccc(N(c3ccc4c(c3)Oc3ccc(-c5ccccc5)cc3-c3cc5ccccc5cc3-4)c3ccc4ccccc4c3)cc2)cc1. The van der Waals surface area contributed by atoms with Crippen molar-refractivity contribution in [1.29, 1.82) is 0 Å². The molecular formula is C50H33NO. The van der Waals surface area contributed by atoms with Crippen LogP contribution in [0, 0.1) is 0 Å². The average Bonchev–Trinajstić information content (AvgIpc) is 3.34. The van der Waals surface area contributed by atoms with Gasteiger partial charge in [0.15, 0.2) is 0 Å². The van der Waals surface area contributed by atoms with E-state index in [0.29, 0.717) is 0 Å². The Morgan fingerprint density at radius 3 is 1.46 bits per heavy atom. The average molecular weight is 664 g/mol. The molecule has 0 saturated heterocycles. The van der Waals surface area contributed by atoms with Gasteiger partial charge in [-0.2, -0.15) is 0 Å². The van der Waals surface area contributed by atoms with E-state index in [0.717, 1.165) is 50.8 Å². The number of rotatable bonds is 5. The first-order valence-corrected chi connectivity index (χ1v) is 17.7. The van der Waals surface area contributed by atoms with Crippen LogP contribution in [0.4, 0.5) is 17.1 Å². The molecule has 1 aliphatic rings. The molecule has 1 heterocycles. The zero-order valence-corrected chi connectivity index (χ0v) is 28.4. The predicted molar refractivity (Wildman–Crippen MR) is 218 cm³/mol. The Balaban J connectivity index is 1.16. The molecule has 9 aromatic carbocycles. The third-order valence-electron chi connectivity index (χ3n) is 10.2. The van der Waals surface area contributed by atoms with E-state index in [9.17, 15) is 0 Å². The number of hydrogen-bond donors (Lipinski definition) is 0. The molecule has 0 bridgehead atoms. The van der Waals surface area contributed by atoms with E-state index in [2.05, 4.69) is 205 Å². The van der Waals surface area contributed by atoms with Gasteiger partial charge < -0.3 is 9.64 Å². The first-order valence-electron chi connectivity index (χ1n) is 17.7. The lowest BCUT2D eigenvalue weighted by Gasteiger charge is -2.27. The van der Waals surface area contributed by atoms with Gasteiger partial charge >= 0.3 is 0 Å². The Labute approximate surface area is 303 Å². The number of hydrogen-bond acceptors (Lipinski definition) is 2. The van der Waals surface area contributed by atoms with Gasteiger partial charge in [0.05, 0.1) is 0 Å². The van der Waals surface area contributed by atoms with Crippen molar-refractivity contribution in [2.24, 2.45) is 0 Å². The molecule has 0 saturated carbocycles. The Bertz CT molecular complexity index is 2750. The van der Waals surface area contributed by atoms with Crippen molar-refractivity contribution in [3.05, 3.63) is 200 Å². The summed E-state index contributed by atoms with van der Waals surface area (Å²) in [6, 6.07) is 71.6. The van der Waals surface area contributed by atoms with Crippen molar-refractivity contribution in [3.63, 3.8) is 0 Å². The molecule has 0 aromatic heterocycles. The summed E-state index contributed by atoms with van der Waals surface area (Å²) in [7, 11) is 0. The molecule has 0 N–H and O–H groups in total. The Hall–Kier alpha value is -6.90. The lowest BCUT2D eigenvalue weighted by Crippen LogP contribution is -2.10. The van der Waals surface area contributed by atoms with Crippen molar-refractivity contribution < 1.29 is 4.74 Å². The summed E-state index contributed by atoms with van der Waals surface area (Å²) in [4.78, 5) is 2.33. The maximum absolute atomic E-state index is 6.99. The second kappa shape index (κ2) is 12.5. The summed E-state index contributed by atoms with van der Waals surface area (Å²) in [5.74, 6) is 1.67. The minimum Gasteiger partial charge on any atom is -0.456 e. The number of fused-ring (bicyclic) bond motifs is 7. The highest BCUT2D eigenvalue weighted by atomic mass is 16.5. The highest BCUT2D eigenvalue weighted by Crippen LogP contribution is 2.51. The molecule has 52 heavy (non-hydrogen) atoms. The molecule has 9 aromatic rings. The van der Waals surface area contributed by atoms with Gasteiger partial charge in [-0.25, -0.2) is 0 Å². The molecule has 0 spiro atoms. The van der Waals surface area contributed by atoms with Crippen LogP contribution in [0.25, 0.3) is 66.1 Å². The lowest BCUT2D eigenvalue weighted by atomic mass is 9.90. The van der Waals surface area contributed by atoms with Crippen LogP contribution >= 0.6 is 0 Å². The first kappa shape index (κ1) is 30.0. The van der Waals surface area contributed by atoms with Crippen molar-refractivity contribution in [2.45, 2.75) is 0 Å². The van der Waals surface area contributed by atoms with E-state index in [-0.39, 0.29) is 0 Å². The Morgan fingerprint density at radius 2 is 0.769 bits per heavy atom. The third-order valence-corrected chi connectivity index (χ3v) is 10.2. The standard InChI is InChI=1S/C50H33NO/c1-3-11-34(12-4-1)37-19-23-42(24-20-37)51(43-25-21-36-15-7-8-16-38(36)29-43)44-26-27-45-46-30-39-17-9-10-18-40(39)31-47(46)48-32-41(35-13-5-2-6-14-35)22-28-49(48)52-50(45)33-44/h1-33H. The summed E-state index contributed by atoms with van der Waals surface area (Å²) in [6.45, 7) is 0. The fourth-order valence-corrected chi connectivity index (χ4v) is 7.60. The molecule has 0 unspecified atom stereocenters. The van der Waals surface area contributed by atoms with E-state index in [1.54, 1.807) is 0 Å². The van der Waals surface area contributed by atoms with Gasteiger partial charge in [0.2, 0.25) is 0 Å². The van der Waals surface area contributed by atoms with Gasteiger partial charge in [-0.1, -0.05) is 133 Å². The highest BCUT2D eigenvalue weighted by molar-refractivity contribution is 6.01. The fourth-order valence-electron chi connectivity index (χ4n) is 7.60. The summed E-state index contributed by atoms with van der Waals surface area (Å²) in [5, 5.41) is 4.82. The lowest BCUT2D eigenvalue weighted by molar-refractivity contribution is 0.488. The Kier molecular flexibility index (Phi) is 7.18. The molecule has 0 atom stereocenters. The van der Waals surface area contributed by atoms with E-state index in [1.807, 2.05) is 0 Å². The number of benzene rings is 9. The molecule has 0 aliphatic carbocycles. The van der Waals surface area contributed by atoms with Crippen LogP contribution in [-0.4, -0.2) is 0 Å². The summed E-state index contributed by atoms with van der Waals surface area (Å²) in [6.07, 6.45) is 0. The fraction of sp³-hybridized carbons (Fsp3) is 0. The molecule has 10 rings (SSSR count). The zero-order valence-electron chi connectivity index (χ0n) is 28.4. The second-order valence-corrected chi connectivity index (χ2v) is 13.4. The van der Waals surface area contributed by atoms with Gasteiger partial charge in [-0.05, 0) is 116 Å². The summed E-state index contributed by atoms with van der Waals surface area (Å²) in [5.41, 5.74) is 12.4. The molecule has 0 radical (unpaired) electrons. The van der Waals surface area contributed by atoms with Crippen LogP contribution in [0.3, 0.4) is 0 Å². The van der Waals surface area contributed by atoms with Crippen LogP contribution in [0.15, 0.2) is 200 Å². The molecule has 2 nitrogen and oxygen atoms in total. The molecule has 2 heteroatoms. The van der Waals surface area contributed by atoms with E-state index in [4.69, 9.17) is 4.74 Å². The third kappa shape index (κ3) is 5.30. The minimum atomic E-state index is 0.826. The normalized spacial score (nSPS) is 11.6. The maximum atomic E-state index is 6.99. The van der Waals surface area contributed by atoms with E-state index in [1.165, 1.54) is 43.8 Å².